The molecule has 0 saturated carbocycles. The Morgan fingerprint density at radius 2 is 1.87 bits per heavy atom. The standard InChI is InChI=1S/C16H19N5O2/c1-4-20-15(22)12-13(17-3)18-19-14(12)21(16(20)23)9-11-7-5-10(2)6-8-11/h5-8H,4,9H2,1-3H3,(H2,17,18,19). The van der Waals surface area contributed by atoms with Crippen LogP contribution in [0.4, 0.5) is 5.82 Å². The highest BCUT2D eigenvalue weighted by atomic mass is 16.2. The number of H-pyrrole nitrogens is 1. The molecule has 0 saturated heterocycles. The van der Waals surface area contributed by atoms with Crippen LogP contribution >= 0.6 is 0 Å². The Kier molecular flexibility index (Phi) is 3.77. The SMILES string of the molecule is CCn1c(=O)c2c(NC)[nH]nc2n(Cc2ccc(C)cc2)c1=O. The largest absolute Gasteiger partial charge is 0.373 e. The van der Waals surface area contributed by atoms with Gasteiger partial charge in [0, 0.05) is 13.6 Å². The second-order valence-electron chi connectivity index (χ2n) is 5.45. The van der Waals surface area contributed by atoms with Crippen molar-refractivity contribution in [2.75, 3.05) is 12.4 Å². The molecule has 2 aromatic heterocycles. The van der Waals surface area contributed by atoms with Crippen LogP contribution in [0.15, 0.2) is 33.9 Å². The van der Waals surface area contributed by atoms with Gasteiger partial charge in [-0.1, -0.05) is 29.8 Å². The molecule has 1 aromatic carbocycles. The van der Waals surface area contributed by atoms with E-state index in [-0.39, 0.29) is 11.2 Å². The van der Waals surface area contributed by atoms with E-state index in [1.165, 1.54) is 9.13 Å². The van der Waals surface area contributed by atoms with Crippen LogP contribution in [-0.2, 0) is 13.1 Å². The summed E-state index contributed by atoms with van der Waals surface area (Å²) >= 11 is 0. The zero-order chi connectivity index (χ0) is 16.6. The molecular formula is C16H19N5O2. The van der Waals surface area contributed by atoms with Gasteiger partial charge in [-0.2, -0.15) is 5.10 Å². The summed E-state index contributed by atoms with van der Waals surface area (Å²) in [7, 11) is 1.71. The van der Waals surface area contributed by atoms with Crippen LogP contribution in [0.3, 0.4) is 0 Å². The molecule has 3 aromatic rings. The highest BCUT2D eigenvalue weighted by Gasteiger charge is 2.18. The van der Waals surface area contributed by atoms with Crippen LogP contribution in [-0.4, -0.2) is 26.4 Å². The summed E-state index contributed by atoms with van der Waals surface area (Å²) < 4.78 is 2.76. The van der Waals surface area contributed by atoms with Gasteiger partial charge in [0.15, 0.2) is 5.65 Å². The minimum absolute atomic E-state index is 0.315. The van der Waals surface area contributed by atoms with Crippen molar-refractivity contribution in [1.82, 2.24) is 19.3 Å². The lowest BCUT2D eigenvalue weighted by Gasteiger charge is -2.10. The topological polar surface area (TPSA) is 84.7 Å². The van der Waals surface area contributed by atoms with Crippen molar-refractivity contribution in [2.45, 2.75) is 26.9 Å². The van der Waals surface area contributed by atoms with Crippen LogP contribution in [0, 0.1) is 6.92 Å². The van der Waals surface area contributed by atoms with Gasteiger partial charge in [0.1, 0.15) is 11.2 Å². The van der Waals surface area contributed by atoms with Crippen molar-refractivity contribution in [3.63, 3.8) is 0 Å². The molecule has 7 nitrogen and oxygen atoms in total. The molecule has 0 spiro atoms. The number of nitrogens with zero attached hydrogens (tertiary/aromatic N) is 3. The maximum atomic E-state index is 12.7. The Labute approximate surface area is 132 Å². The van der Waals surface area contributed by atoms with Crippen molar-refractivity contribution in [2.24, 2.45) is 0 Å². The van der Waals surface area contributed by atoms with E-state index < -0.39 is 0 Å². The summed E-state index contributed by atoms with van der Waals surface area (Å²) in [5.74, 6) is 0.518. The second-order valence-corrected chi connectivity index (χ2v) is 5.45. The Balaban J connectivity index is 2.27. The average Bonchev–Trinajstić information content (AvgIpc) is 2.98. The van der Waals surface area contributed by atoms with E-state index in [9.17, 15) is 9.59 Å². The van der Waals surface area contributed by atoms with Crippen LogP contribution < -0.4 is 16.6 Å². The number of aromatic amines is 1. The lowest BCUT2D eigenvalue weighted by atomic mass is 10.1. The van der Waals surface area contributed by atoms with E-state index in [0.29, 0.717) is 29.9 Å². The predicted octanol–water partition coefficient (Wildman–Crippen LogP) is 1.30. The lowest BCUT2D eigenvalue weighted by molar-refractivity contribution is 0.616. The molecule has 0 unspecified atom stereocenters. The number of nitrogens with one attached hydrogen (secondary N) is 2. The molecule has 2 N–H and O–H groups in total. The summed E-state index contributed by atoms with van der Waals surface area (Å²) in [6, 6.07) is 7.94. The molecule has 0 bridgehead atoms. The smallest absolute Gasteiger partial charge is 0.333 e. The fourth-order valence-corrected chi connectivity index (χ4v) is 2.67. The minimum Gasteiger partial charge on any atom is -0.373 e. The van der Waals surface area contributed by atoms with E-state index in [2.05, 4.69) is 15.5 Å². The summed E-state index contributed by atoms with van der Waals surface area (Å²) in [6.45, 7) is 4.47. The first-order chi connectivity index (χ1) is 11.1. The molecule has 3 rings (SSSR count). The quantitative estimate of drug-likeness (QED) is 0.760. The summed E-state index contributed by atoms with van der Waals surface area (Å²) in [4.78, 5) is 25.2. The number of rotatable bonds is 4. The Morgan fingerprint density at radius 1 is 1.17 bits per heavy atom. The third-order valence-electron chi connectivity index (χ3n) is 3.95. The number of benzene rings is 1. The average molecular weight is 313 g/mol. The van der Waals surface area contributed by atoms with Crippen LogP contribution in [0.5, 0.6) is 0 Å². The van der Waals surface area contributed by atoms with Crippen molar-refractivity contribution in [3.8, 4) is 0 Å². The number of aromatic nitrogens is 4. The highest BCUT2D eigenvalue weighted by molar-refractivity contribution is 5.86. The molecule has 0 atom stereocenters. The van der Waals surface area contributed by atoms with Crippen molar-refractivity contribution in [1.29, 1.82) is 0 Å². The first-order valence-corrected chi connectivity index (χ1v) is 7.51. The Bertz CT molecular complexity index is 963. The highest BCUT2D eigenvalue weighted by Crippen LogP contribution is 2.15. The van der Waals surface area contributed by atoms with E-state index >= 15 is 0 Å². The van der Waals surface area contributed by atoms with E-state index in [1.54, 1.807) is 14.0 Å². The zero-order valence-electron chi connectivity index (χ0n) is 13.4. The lowest BCUT2D eigenvalue weighted by Crippen LogP contribution is -2.39. The molecular weight excluding hydrogens is 294 g/mol. The maximum absolute atomic E-state index is 12.7. The molecule has 7 heteroatoms. The van der Waals surface area contributed by atoms with Gasteiger partial charge in [-0.15, -0.1) is 0 Å². The third kappa shape index (κ3) is 2.44. The van der Waals surface area contributed by atoms with Gasteiger partial charge in [-0.25, -0.2) is 4.79 Å². The van der Waals surface area contributed by atoms with Gasteiger partial charge in [-0.05, 0) is 19.4 Å². The molecule has 0 fully saturated rings. The van der Waals surface area contributed by atoms with Crippen molar-refractivity contribution >= 4 is 16.9 Å². The normalized spacial score (nSPS) is 11.1. The number of anilines is 1. The van der Waals surface area contributed by atoms with Gasteiger partial charge in [0.05, 0.1) is 6.54 Å². The van der Waals surface area contributed by atoms with Gasteiger partial charge >= 0.3 is 5.69 Å². The second kappa shape index (κ2) is 5.75. The van der Waals surface area contributed by atoms with Crippen LogP contribution in [0.2, 0.25) is 0 Å². The fourth-order valence-electron chi connectivity index (χ4n) is 2.67. The zero-order valence-corrected chi connectivity index (χ0v) is 13.4. The van der Waals surface area contributed by atoms with E-state index in [1.807, 2.05) is 31.2 Å². The van der Waals surface area contributed by atoms with Crippen LogP contribution in [0.1, 0.15) is 18.1 Å². The van der Waals surface area contributed by atoms with Crippen LogP contribution in [0.25, 0.3) is 11.0 Å². The molecule has 0 aliphatic rings. The number of aryl methyl sites for hydroxylation is 1. The van der Waals surface area contributed by atoms with Gasteiger partial charge in [0.25, 0.3) is 5.56 Å². The monoisotopic (exact) mass is 313 g/mol. The van der Waals surface area contributed by atoms with Crippen molar-refractivity contribution in [3.05, 3.63) is 56.2 Å². The Hall–Kier alpha value is -2.83. The predicted molar refractivity (Wildman–Crippen MR) is 90.1 cm³/mol. The fraction of sp³-hybridized carbons (Fsp3) is 0.312. The van der Waals surface area contributed by atoms with Crippen molar-refractivity contribution < 1.29 is 0 Å². The number of hydrogen-bond acceptors (Lipinski definition) is 4. The molecule has 23 heavy (non-hydrogen) atoms. The van der Waals surface area contributed by atoms with Gasteiger partial charge in [-0.3, -0.25) is 19.0 Å². The first kappa shape index (κ1) is 15.1. The molecule has 0 amide bonds. The third-order valence-corrected chi connectivity index (χ3v) is 3.95. The molecule has 0 radical (unpaired) electrons. The number of hydrogen-bond donors (Lipinski definition) is 2. The first-order valence-electron chi connectivity index (χ1n) is 7.51. The number of fused-ring (bicyclic) bond motifs is 1. The minimum atomic E-state index is -0.347. The summed E-state index contributed by atoms with van der Waals surface area (Å²) in [5, 5.41) is 10.3. The Morgan fingerprint density at radius 3 is 2.48 bits per heavy atom. The summed E-state index contributed by atoms with van der Waals surface area (Å²) in [5.41, 5.74) is 1.83. The summed E-state index contributed by atoms with van der Waals surface area (Å²) in [6.07, 6.45) is 0. The van der Waals surface area contributed by atoms with Gasteiger partial charge in [0.2, 0.25) is 0 Å². The molecule has 2 heterocycles. The van der Waals surface area contributed by atoms with E-state index in [0.717, 1.165) is 11.1 Å². The molecule has 120 valence electrons. The molecule has 0 aliphatic carbocycles. The maximum Gasteiger partial charge on any atom is 0.333 e. The molecule has 0 aliphatic heterocycles. The van der Waals surface area contributed by atoms with E-state index in [4.69, 9.17) is 0 Å². The van der Waals surface area contributed by atoms with Gasteiger partial charge < -0.3 is 5.32 Å².